The van der Waals surface area contributed by atoms with E-state index in [1.807, 2.05) is 45.9 Å². The molecule has 0 heterocycles. The number of ketones is 1. The van der Waals surface area contributed by atoms with Crippen molar-refractivity contribution in [1.29, 1.82) is 0 Å². The molecule has 1 aliphatic carbocycles. The molecule has 21 heavy (non-hydrogen) atoms. The van der Waals surface area contributed by atoms with Crippen LogP contribution in [0.15, 0.2) is 36.4 Å². The Hall–Kier alpha value is -1.90. The fraction of sp³-hybridized carbons (Fsp3) is 0.444. The average Bonchev–Trinajstić information content (AvgIpc) is 2.71. The molecular weight excluding hydrogens is 264 g/mol. The molecule has 1 aromatic carbocycles. The number of Topliss-reactive ketones (excluding diaryl/α,β-unsaturated/α-hetero) is 1. The van der Waals surface area contributed by atoms with Crippen LogP contribution in [0.1, 0.15) is 43.1 Å². The van der Waals surface area contributed by atoms with Crippen LogP contribution < -0.4 is 0 Å². The molecule has 2 rings (SSSR count). The highest BCUT2D eigenvalue weighted by atomic mass is 16.5. The number of aryl methyl sites for hydroxylation is 1. The van der Waals surface area contributed by atoms with Crippen LogP contribution in [0.5, 0.6) is 0 Å². The molecule has 112 valence electrons. The zero-order valence-corrected chi connectivity index (χ0v) is 13.1. The fourth-order valence-electron chi connectivity index (χ4n) is 2.57. The SMILES string of the molecule is Cc1ccc(C(=O)OCC(=O)[C@@]2(C)CC=CC2(C)C)cc1. The van der Waals surface area contributed by atoms with E-state index in [4.69, 9.17) is 4.74 Å². The Bertz CT molecular complexity index is 581. The van der Waals surface area contributed by atoms with Crippen molar-refractivity contribution in [3.8, 4) is 0 Å². The lowest BCUT2D eigenvalue weighted by atomic mass is 9.66. The van der Waals surface area contributed by atoms with Crippen LogP contribution >= 0.6 is 0 Å². The first-order valence-electron chi connectivity index (χ1n) is 7.21. The van der Waals surface area contributed by atoms with Gasteiger partial charge in [0.1, 0.15) is 0 Å². The smallest absolute Gasteiger partial charge is 0.338 e. The van der Waals surface area contributed by atoms with E-state index in [1.165, 1.54) is 0 Å². The number of esters is 1. The highest BCUT2D eigenvalue weighted by Crippen LogP contribution is 2.48. The van der Waals surface area contributed by atoms with E-state index in [0.29, 0.717) is 12.0 Å². The molecule has 0 spiro atoms. The lowest BCUT2D eigenvalue weighted by Crippen LogP contribution is -2.40. The fourth-order valence-corrected chi connectivity index (χ4v) is 2.57. The minimum Gasteiger partial charge on any atom is -0.454 e. The van der Waals surface area contributed by atoms with E-state index in [0.717, 1.165) is 5.56 Å². The summed E-state index contributed by atoms with van der Waals surface area (Å²) in [5, 5.41) is 0. The Labute approximate surface area is 126 Å². The van der Waals surface area contributed by atoms with Gasteiger partial charge in [0.25, 0.3) is 0 Å². The van der Waals surface area contributed by atoms with Crippen molar-refractivity contribution in [1.82, 2.24) is 0 Å². The first-order valence-corrected chi connectivity index (χ1v) is 7.21. The number of ether oxygens (including phenoxy) is 1. The maximum atomic E-state index is 12.5. The number of allylic oxidation sites excluding steroid dienone is 2. The molecule has 0 fully saturated rings. The van der Waals surface area contributed by atoms with E-state index >= 15 is 0 Å². The summed E-state index contributed by atoms with van der Waals surface area (Å²) in [6.07, 6.45) is 4.79. The minimum absolute atomic E-state index is 0.0297. The quantitative estimate of drug-likeness (QED) is 0.626. The van der Waals surface area contributed by atoms with Gasteiger partial charge in [0.15, 0.2) is 12.4 Å². The second kappa shape index (κ2) is 5.47. The summed E-state index contributed by atoms with van der Waals surface area (Å²) < 4.78 is 5.18. The van der Waals surface area contributed by atoms with Crippen molar-refractivity contribution in [3.63, 3.8) is 0 Å². The molecule has 0 aromatic heterocycles. The third kappa shape index (κ3) is 2.92. The summed E-state index contributed by atoms with van der Waals surface area (Å²) >= 11 is 0. The van der Waals surface area contributed by atoms with Gasteiger partial charge in [-0.2, -0.15) is 0 Å². The van der Waals surface area contributed by atoms with Gasteiger partial charge >= 0.3 is 5.97 Å². The van der Waals surface area contributed by atoms with E-state index < -0.39 is 11.4 Å². The zero-order chi connectivity index (χ0) is 15.7. The first-order chi connectivity index (χ1) is 9.76. The van der Waals surface area contributed by atoms with Gasteiger partial charge in [-0.25, -0.2) is 4.79 Å². The summed E-state index contributed by atoms with van der Waals surface area (Å²) in [5.74, 6) is -0.478. The summed E-state index contributed by atoms with van der Waals surface area (Å²) in [5.41, 5.74) is 0.845. The maximum absolute atomic E-state index is 12.5. The molecule has 0 amide bonds. The summed E-state index contributed by atoms with van der Waals surface area (Å²) in [7, 11) is 0. The predicted octanol–water partition coefficient (Wildman–Crippen LogP) is 3.71. The van der Waals surface area contributed by atoms with Gasteiger partial charge in [-0.05, 0) is 30.9 Å². The van der Waals surface area contributed by atoms with Crippen LogP contribution in [0.25, 0.3) is 0 Å². The van der Waals surface area contributed by atoms with Gasteiger partial charge in [-0.3, -0.25) is 4.79 Å². The summed E-state index contributed by atoms with van der Waals surface area (Å²) in [6, 6.07) is 7.13. The minimum atomic E-state index is -0.499. The highest BCUT2D eigenvalue weighted by Gasteiger charge is 2.47. The normalized spacial score (nSPS) is 23.0. The van der Waals surface area contributed by atoms with Crippen LogP contribution in [0, 0.1) is 17.8 Å². The van der Waals surface area contributed by atoms with Crippen LogP contribution in [-0.4, -0.2) is 18.4 Å². The lowest BCUT2D eigenvalue weighted by molar-refractivity contribution is -0.135. The van der Waals surface area contributed by atoms with Crippen molar-refractivity contribution in [2.75, 3.05) is 6.61 Å². The molecule has 1 aliphatic rings. The van der Waals surface area contributed by atoms with Crippen LogP contribution in [-0.2, 0) is 9.53 Å². The number of carbonyl (C=O) groups excluding carboxylic acids is 2. The molecule has 0 aliphatic heterocycles. The predicted molar refractivity (Wildman–Crippen MR) is 82.1 cm³/mol. The monoisotopic (exact) mass is 286 g/mol. The lowest BCUT2D eigenvalue weighted by Gasteiger charge is -2.36. The van der Waals surface area contributed by atoms with Gasteiger partial charge in [-0.15, -0.1) is 0 Å². The molecule has 0 unspecified atom stereocenters. The number of carbonyl (C=O) groups is 2. The van der Waals surface area contributed by atoms with Gasteiger partial charge < -0.3 is 4.74 Å². The Kier molecular flexibility index (Phi) is 4.04. The molecule has 0 saturated carbocycles. The van der Waals surface area contributed by atoms with E-state index in [9.17, 15) is 9.59 Å². The maximum Gasteiger partial charge on any atom is 0.338 e. The topological polar surface area (TPSA) is 43.4 Å². The van der Waals surface area contributed by atoms with Crippen LogP contribution in [0.3, 0.4) is 0 Å². The number of benzene rings is 1. The largest absolute Gasteiger partial charge is 0.454 e. The summed E-state index contributed by atoms with van der Waals surface area (Å²) in [6.45, 7) is 7.80. The Morgan fingerprint density at radius 3 is 2.29 bits per heavy atom. The molecule has 3 nitrogen and oxygen atoms in total. The summed E-state index contributed by atoms with van der Waals surface area (Å²) in [4.78, 5) is 24.4. The van der Waals surface area contributed by atoms with Crippen LogP contribution in [0.4, 0.5) is 0 Å². The molecule has 0 saturated heterocycles. The van der Waals surface area contributed by atoms with E-state index in [-0.39, 0.29) is 17.8 Å². The van der Waals surface area contributed by atoms with Crippen molar-refractivity contribution in [2.24, 2.45) is 10.8 Å². The van der Waals surface area contributed by atoms with Crippen molar-refractivity contribution >= 4 is 11.8 Å². The Morgan fingerprint density at radius 2 is 1.76 bits per heavy atom. The third-order valence-electron chi connectivity index (χ3n) is 4.72. The zero-order valence-electron chi connectivity index (χ0n) is 13.1. The van der Waals surface area contributed by atoms with Gasteiger partial charge in [0, 0.05) is 5.41 Å². The molecule has 1 atom stereocenters. The van der Waals surface area contributed by atoms with Crippen LogP contribution in [0.2, 0.25) is 0 Å². The highest BCUT2D eigenvalue weighted by molar-refractivity contribution is 5.93. The van der Waals surface area contributed by atoms with Gasteiger partial charge in [0.2, 0.25) is 0 Å². The number of rotatable bonds is 4. The molecule has 0 N–H and O–H groups in total. The molecular formula is C18H22O3. The van der Waals surface area contributed by atoms with Gasteiger partial charge in [-0.1, -0.05) is 50.6 Å². The molecule has 0 bridgehead atoms. The average molecular weight is 286 g/mol. The van der Waals surface area contributed by atoms with Crippen molar-refractivity contribution in [3.05, 3.63) is 47.5 Å². The standard InChI is InChI=1S/C18H22O3/c1-13-6-8-14(9-7-13)16(20)21-12-15(19)18(4)11-5-10-17(18,2)3/h5-10H,11-12H2,1-4H3/t18-/m1/s1. The third-order valence-corrected chi connectivity index (χ3v) is 4.72. The van der Waals surface area contributed by atoms with Crippen molar-refractivity contribution in [2.45, 2.75) is 34.1 Å². The van der Waals surface area contributed by atoms with E-state index in [2.05, 4.69) is 6.08 Å². The van der Waals surface area contributed by atoms with E-state index in [1.54, 1.807) is 12.1 Å². The van der Waals surface area contributed by atoms with Crippen molar-refractivity contribution < 1.29 is 14.3 Å². The Balaban J connectivity index is 1.99. The molecule has 1 aromatic rings. The second-order valence-corrected chi connectivity index (χ2v) is 6.53. The molecule has 0 radical (unpaired) electrons. The number of hydrogen-bond donors (Lipinski definition) is 0. The van der Waals surface area contributed by atoms with Gasteiger partial charge in [0.05, 0.1) is 5.56 Å². The second-order valence-electron chi connectivity index (χ2n) is 6.53. The number of hydrogen-bond acceptors (Lipinski definition) is 3. The first kappa shape index (κ1) is 15.5. The molecule has 3 heteroatoms. The Morgan fingerprint density at radius 1 is 1.14 bits per heavy atom.